The van der Waals surface area contributed by atoms with Gasteiger partial charge in [-0.3, -0.25) is 14.6 Å². The van der Waals surface area contributed by atoms with Crippen LogP contribution in [0.25, 0.3) is 10.9 Å². The summed E-state index contributed by atoms with van der Waals surface area (Å²) in [6.07, 6.45) is 3.08. The average Bonchev–Trinajstić information content (AvgIpc) is 2.62. The van der Waals surface area contributed by atoms with Gasteiger partial charge in [-0.25, -0.2) is 4.68 Å². The molecule has 2 aromatic heterocycles. The normalized spacial score (nSPS) is 10.7. The van der Waals surface area contributed by atoms with Crippen molar-refractivity contribution in [2.45, 2.75) is 6.54 Å². The number of methoxy groups -OCH3 is 1. The summed E-state index contributed by atoms with van der Waals surface area (Å²) in [5, 5.41) is 11.0. The van der Waals surface area contributed by atoms with Crippen molar-refractivity contribution in [1.82, 2.24) is 20.0 Å². The summed E-state index contributed by atoms with van der Waals surface area (Å²) in [6.45, 7) is 0.671. The predicted octanol–water partition coefficient (Wildman–Crippen LogP) is 1.09. The Kier molecular flexibility index (Phi) is 4.57. The zero-order valence-corrected chi connectivity index (χ0v) is 13.0. The van der Waals surface area contributed by atoms with E-state index in [1.165, 1.54) is 4.68 Å². The second kappa shape index (κ2) is 6.97. The number of aromatic nitrogens is 4. The number of nitrogens with zero attached hydrogens (tertiary/aromatic N) is 4. The van der Waals surface area contributed by atoms with E-state index in [-0.39, 0.29) is 11.5 Å². The third-order valence-electron chi connectivity index (χ3n) is 3.43. The number of benzene rings is 1. The van der Waals surface area contributed by atoms with Crippen LogP contribution in [0.2, 0.25) is 0 Å². The molecule has 0 aliphatic rings. The van der Waals surface area contributed by atoms with Gasteiger partial charge in [0, 0.05) is 30.8 Å². The molecule has 0 saturated heterocycles. The minimum absolute atomic E-state index is 0.279. The Morgan fingerprint density at radius 3 is 2.79 bits per heavy atom. The molecule has 0 aliphatic carbocycles. The van der Waals surface area contributed by atoms with Gasteiger partial charge >= 0.3 is 0 Å². The number of hydrogen-bond donors (Lipinski definition) is 1. The summed E-state index contributed by atoms with van der Waals surface area (Å²) in [6, 6.07) is 8.13. The van der Waals surface area contributed by atoms with Crippen molar-refractivity contribution < 1.29 is 9.53 Å². The molecule has 1 N–H and O–H groups in total. The minimum atomic E-state index is -0.280. The van der Waals surface area contributed by atoms with E-state index in [4.69, 9.17) is 4.74 Å². The largest absolute Gasteiger partial charge is 0.383 e. The quantitative estimate of drug-likeness (QED) is 0.754. The number of carbonyl (C=O) groups excluding carboxylic acids is 1. The number of pyridine rings is 1. The molecule has 0 radical (unpaired) electrons. The van der Waals surface area contributed by atoms with Crippen molar-refractivity contribution in [3.63, 3.8) is 0 Å². The molecule has 0 fully saturated rings. The van der Waals surface area contributed by atoms with E-state index in [0.717, 1.165) is 0 Å². The number of amides is 1. The van der Waals surface area contributed by atoms with E-state index in [1.807, 2.05) is 0 Å². The second-order valence-electron chi connectivity index (χ2n) is 5.03. The molecule has 2 heterocycles. The van der Waals surface area contributed by atoms with Crippen molar-refractivity contribution in [1.29, 1.82) is 0 Å². The summed E-state index contributed by atoms with van der Waals surface area (Å²) in [4.78, 5) is 28.5. The third kappa shape index (κ3) is 3.28. The van der Waals surface area contributed by atoms with Gasteiger partial charge in [-0.2, -0.15) is 0 Å². The van der Waals surface area contributed by atoms with Crippen LogP contribution in [-0.4, -0.2) is 39.6 Å². The summed E-state index contributed by atoms with van der Waals surface area (Å²) in [7, 11) is 1.55. The van der Waals surface area contributed by atoms with E-state index >= 15 is 0 Å². The van der Waals surface area contributed by atoms with Gasteiger partial charge < -0.3 is 10.1 Å². The van der Waals surface area contributed by atoms with Gasteiger partial charge in [-0.05, 0) is 30.3 Å². The van der Waals surface area contributed by atoms with Crippen molar-refractivity contribution in [3.8, 4) is 0 Å². The van der Waals surface area contributed by atoms with Crippen molar-refractivity contribution >= 4 is 22.5 Å². The average molecular weight is 325 g/mol. The van der Waals surface area contributed by atoms with Crippen LogP contribution in [-0.2, 0) is 11.3 Å². The maximum absolute atomic E-state index is 12.4. The lowest BCUT2D eigenvalue weighted by atomic mass is 10.2. The zero-order chi connectivity index (χ0) is 16.9. The van der Waals surface area contributed by atoms with E-state index in [1.54, 1.807) is 49.8 Å². The Bertz CT molecular complexity index is 924. The molecule has 1 aromatic carbocycles. The lowest BCUT2D eigenvalue weighted by molar-refractivity contribution is 0.102. The highest BCUT2D eigenvalue weighted by Crippen LogP contribution is 2.15. The van der Waals surface area contributed by atoms with Crippen LogP contribution >= 0.6 is 0 Å². The van der Waals surface area contributed by atoms with Crippen molar-refractivity contribution in [2.24, 2.45) is 0 Å². The fourth-order valence-corrected chi connectivity index (χ4v) is 2.18. The highest BCUT2D eigenvalue weighted by Gasteiger charge is 2.09. The molecular formula is C16H15N5O3. The summed E-state index contributed by atoms with van der Waals surface area (Å²) >= 11 is 0. The lowest BCUT2D eigenvalue weighted by Gasteiger charge is -2.07. The topological polar surface area (TPSA) is 99.0 Å². The van der Waals surface area contributed by atoms with Gasteiger partial charge in [0.2, 0.25) is 0 Å². The number of rotatable bonds is 5. The molecule has 3 rings (SSSR count). The van der Waals surface area contributed by atoms with Crippen LogP contribution in [0.3, 0.4) is 0 Å². The number of ether oxygens (including phenoxy) is 1. The number of anilines is 1. The molecule has 1 amide bonds. The predicted molar refractivity (Wildman–Crippen MR) is 87.9 cm³/mol. The summed E-state index contributed by atoms with van der Waals surface area (Å²) in [5.41, 5.74) is 1.18. The molecule has 3 aromatic rings. The van der Waals surface area contributed by atoms with Crippen molar-refractivity contribution in [2.75, 3.05) is 19.0 Å². The highest BCUT2D eigenvalue weighted by atomic mass is 16.5. The SMILES string of the molecule is COCCn1nnc2ccc(NC(=O)c3ccncc3)cc2c1=O. The molecule has 0 aliphatic heterocycles. The molecule has 8 nitrogen and oxygen atoms in total. The van der Waals surface area contributed by atoms with Crippen LogP contribution in [0.15, 0.2) is 47.5 Å². The Morgan fingerprint density at radius 1 is 1.25 bits per heavy atom. The van der Waals surface area contributed by atoms with Crippen LogP contribution in [0, 0.1) is 0 Å². The fourth-order valence-electron chi connectivity index (χ4n) is 2.18. The summed E-state index contributed by atoms with van der Waals surface area (Å²) in [5.74, 6) is -0.279. The molecule has 0 spiro atoms. The van der Waals surface area contributed by atoms with Crippen molar-refractivity contribution in [3.05, 3.63) is 58.6 Å². The molecule has 0 unspecified atom stereocenters. The monoisotopic (exact) mass is 325 g/mol. The van der Waals surface area contributed by atoms with Crippen LogP contribution in [0.4, 0.5) is 5.69 Å². The van der Waals surface area contributed by atoms with E-state index in [9.17, 15) is 9.59 Å². The molecular weight excluding hydrogens is 310 g/mol. The molecule has 24 heavy (non-hydrogen) atoms. The molecule has 0 saturated carbocycles. The van der Waals surface area contributed by atoms with Gasteiger partial charge in [-0.1, -0.05) is 5.21 Å². The van der Waals surface area contributed by atoms with E-state index in [2.05, 4.69) is 20.6 Å². The lowest BCUT2D eigenvalue weighted by Crippen LogP contribution is -2.26. The first-order valence-electron chi connectivity index (χ1n) is 7.27. The standard InChI is InChI=1S/C16H15N5O3/c1-24-9-8-21-16(23)13-10-12(2-3-14(13)19-20-21)18-15(22)11-4-6-17-7-5-11/h2-7,10H,8-9H2,1H3,(H,18,22). The number of fused-ring (bicyclic) bond motifs is 1. The number of hydrogen-bond acceptors (Lipinski definition) is 6. The van der Waals surface area contributed by atoms with Gasteiger partial charge in [0.15, 0.2) is 0 Å². The van der Waals surface area contributed by atoms with Gasteiger partial charge in [0.1, 0.15) is 5.52 Å². The van der Waals surface area contributed by atoms with Crippen LogP contribution in [0.5, 0.6) is 0 Å². The maximum Gasteiger partial charge on any atom is 0.277 e. The first kappa shape index (κ1) is 15.8. The Balaban J connectivity index is 1.91. The smallest absolute Gasteiger partial charge is 0.277 e. The number of nitrogens with one attached hydrogen (secondary N) is 1. The van der Waals surface area contributed by atoms with Gasteiger partial charge in [0.25, 0.3) is 11.5 Å². The second-order valence-corrected chi connectivity index (χ2v) is 5.03. The fraction of sp³-hybridized carbons (Fsp3) is 0.188. The Hall–Kier alpha value is -3.13. The van der Waals surface area contributed by atoms with Crippen LogP contribution in [0.1, 0.15) is 10.4 Å². The highest BCUT2D eigenvalue weighted by molar-refractivity contribution is 6.04. The molecule has 0 atom stereocenters. The first-order valence-corrected chi connectivity index (χ1v) is 7.27. The molecule has 0 bridgehead atoms. The van der Waals surface area contributed by atoms with E-state index < -0.39 is 0 Å². The Morgan fingerprint density at radius 2 is 2.04 bits per heavy atom. The minimum Gasteiger partial charge on any atom is -0.383 e. The van der Waals surface area contributed by atoms with Gasteiger partial charge in [0.05, 0.1) is 18.5 Å². The van der Waals surface area contributed by atoms with Crippen LogP contribution < -0.4 is 10.9 Å². The molecule has 8 heteroatoms. The third-order valence-corrected chi connectivity index (χ3v) is 3.43. The first-order chi connectivity index (χ1) is 11.7. The Labute approximate surface area is 137 Å². The number of carbonyl (C=O) groups is 1. The maximum atomic E-state index is 12.4. The van der Waals surface area contributed by atoms with Gasteiger partial charge in [-0.15, -0.1) is 5.10 Å². The molecule has 122 valence electrons. The van der Waals surface area contributed by atoms with E-state index in [0.29, 0.717) is 35.3 Å². The summed E-state index contributed by atoms with van der Waals surface area (Å²) < 4.78 is 6.18. The zero-order valence-electron chi connectivity index (χ0n) is 13.0.